The minimum atomic E-state index is -0.146. The van der Waals surface area contributed by atoms with Crippen molar-refractivity contribution < 1.29 is 4.79 Å². The van der Waals surface area contributed by atoms with Gasteiger partial charge in [-0.3, -0.25) is 4.79 Å². The Hall–Kier alpha value is -1.88. The van der Waals surface area contributed by atoms with Crippen LogP contribution in [0.4, 0.5) is 11.5 Å². The Morgan fingerprint density at radius 3 is 2.43 bits per heavy atom. The van der Waals surface area contributed by atoms with Gasteiger partial charge < -0.3 is 10.2 Å². The second-order valence-electron chi connectivity index (χ2n) is 5.74. The van der Waals surface area contributed by atoms with Gasteiger partial charge >= 0.3 is 0 Å². The minimum absolute atomic E-state index is 0.146. The van der Waals surface area contributed by atoms with Gasteiger partial charge in [0.05, 0.1) is 11.3 Å². The normalized spacial score (nSPS) is 15.1. The van der Waals surface area contributed by atoms with Gasteiger partial charge in [0.25, 0.3) is 5.91 Å². The molecule has 0 saturated carbocycles. The van der Waals surface area contributed by atoms with Crippen molar-refractivity contribution in [2.24, 2.45) is 0 Å². The van der Waals surface area contributed by atoms with Crippen LogP contribution >= 0.6 is 15.9 Å². The van der Waals surface area contributed by atoms with Crippen LogP contribution in [0.15, 0.2) is 47.1 Å². The van der Waals surface area contributed by atoms with E-state index in [2.05, 4.69) is 31.1 Å². The molecule has 2 heterocycles. The molecule has 0 spiro atoms. The van der Waals surface area contributed by atoms with E-state index in [-0.39, 0.29) is 5.91 Å². The average molecular weight is 374 g/mol. The van der Waals surface area contributed by atoms with Crippen molar-refractivity contribution in [3.63, 3.8) is 0 Å². The molecular formula is C18H20BrN3O. The minimum Gasteiger partial charge on any atom is -0.357 e. The second-order valence-corrected chi connectivity index (χ2v) is 6.59. The third-order valence-electron chi connectivity index (χ3n) is 4.06. The quantitative estimate of drug-likeness (QED) is 0.862. The number of hydrogen-bond acceptors (Lipinski definition) is 3. The van der Waals surface area contributed by atoms with Crippen molar-refractivity contribution in [3.8, 4) is 0 Å². The summed E-state index contributed by atoms with van der Waals surface area (Å²) < 4.78 is 0.863. The first-order valence-corrected chi connectivity index (χ1v) is 8.80. The van der Waals surface area contributed by atoms with Crippen LogP contribution in [0.25, 0.3) is 0 Å². The van der Waals surface area contributed by atoms with Gasteiger partial charge in [0.2, 0.25) is 0 Å². The molecule has 2 aromatic rings. The lowest BCUT2D eigenvalue weighted by atomic mass is 10.2. The van der Waals surface area contributed by atoms with E-state index in [4.69, 9.17) is 0 Å². The summed E-state index contributed by atoms with van der Waals surface area (Å²) in [6.45, 7) is 2.10. The Bertz CT molecular complexity index is 664. The molecule has 1 N–H and O–H groups in total. The van der Waals surface area contributed by atoms with Gasteiger partial charge in [-0.1, -0.05) is 25.0 Å². The molecule has 120 valence electrons. The molecule has 1 aromatic heterocycles. The summed E-state index contributed by atoms with van der Waals surface area (Å²) in [7, 11) is 0. The number of nitrogens with one attached hydrogen (secondary N) is 1. The number of anilines is 2. The predicted octanol–water partition coefficient (Wildman–Crippen LogP) is 4.48. The van der Waals surface area contributed by atoms with E-state index in [0.29, 0.717) is 5.56 Å². The molecule has 0 radical (unpaired) electrons. The number of rotatable bonds is 3. The lowest BCUT2D eigenvalue weighted by Crippen LogP contribution is -2.25. The van der Waals surface area contributed by atoms with Crippen LogP contribution in [0.2, 0.25) is 0 Å². The van der Waals surface area contributed by atoms with Gasteiger partial charge in [-0.25, -0.2) is 4.98 Å². The third-order valence-corrected chi connectivity index (χ3v) is 4.75. The highest BCUT2D eigenvalue weighted by molar-refractivity contribution is 9.10. The summed E-state index contributed by atoms with van der Waals surface area (Å²) >= 11 is 3.43. The van der Waals surface area contributed by atoms with Crippen LogP contribution < -0.4 is 10.2 Å². The number of halogens is 1. The smallest absolute Gasteiger partial charge is 0.257 e. The molecule has 0 atom stereocenters. The zero-order valence-electron chi connectivity index (χ0n) is 13.0. The van der Waals surface area contributed by atoms with Crippen LogP contribution in [-0.2, 0) is 0 Å². The van der Waals surface area contributed by atoms with Crippen LogP contribution in [0, 0.1) is 0 Å². The summed E-state index contributed by atoms with van der Waals surface area (Å²) in [6.07, 6.45) is 6.68. The highest BCUT2D eigenvalue weighted by Gasteiger charge is 2.13. The van der Waals surface area contributed by atoms with Gasteiger partial charge in [-0.05, 0) is 53.0 Å². The van der Waals surface area contributed by atoms with Crippen molar-refractivity contribution in [2.45, 2.75) is 25.7 Å². The lowest BCUT2D eigenvalue weighted by Gasteiger charge is -2.21. The first kappa shape index (κ1) is 16.0. The van der Waals surface area contributed by atoms with Crippen molar-refractivity contribution in [2.75, 3.05) is 23.3 Å². The SMILES string of the molecule is O=C(Nc1ccccc1Br)c1ccc(N2CCCCCC2)nc1. The Morgan fingerprint density at radius 1 is 1.04 bits per heavy atom. The molecule has 4 nitrogen and oxygen atoms in total. The Balaban J connectivity index is 1.69. The molecule has 1 aromatic carbocycles. The van der Waals surface area contributed by atoms with Crippen LogP contribution in [0.3, 0.4) is 0 Å². The number of carbonyl (C=O) groups is 1. The molecule has 3 rings (SSSR count). The van der Waals surface area contributed by atoms with Gasteiger partial charge in [0.1, 0.15) is 5.82 Å². The summed E-state index contributed by atoms with van der Waals surface area (Å²) in [4.78, 5) is 19.1. The number of carbonyl (C=O) groups excluding carboxylic acids is 1. The second kappa shape index (κ2) is 7.59. The highest BCUT2D eigenvalue weighted by Crippen LogP contribution is 2.22. The van der Waals surface area contributed by atoms with E-state index in [1.165, 1.54) is 25.7 Å². The maximum Gasteiger partial charge on any atom is 0.257 e. The Labute approximate surface area is 145 Å². The van der Waals surface area contributed by atoms with Gasteiger partial charge in [0.15, 0.2) is 0 Å². The predicted molar refractivity (Wildman–Crippen MR) is 97.0 cm³/mol. The summed E-state index contributed by atoms with van der Waals surface area (Å²) in [5, 5.41) is 2.90. The molecule has 1 fully saturated rings. The van der Waals surface area contributed by atoms with E-state index in [1.807, 2.05) is 36.4 Å². The summed E-state index contributed by atoms with van der Waals surface area (Å²) in [5.74, 6) is 0.816. The van der Waals surface area contributed by atoms with E-state index in [0.717, 1.165) is 29.1 Å². The van der Waals surface area contributed by atoms with E-state index >= 15 is 0 Å². The average Bonchev–Trinajstić information content (AvgIpc) is 2.86. The van der Waals surface area contributed by atoms with Crippen molar-refractivity contribution in [3.05, 3.63) is 52.6 Å². The number of aromatic nitrogens is 1. The zero-order chi connectivity index (χ0) is 16.1. The van der Waals surface area contributed by atoms with E-state index in [9.17, 15) is 4.79 Å². The number of nitrogens with zero attached hydrogens (tertiary/aromatic N) is 2. The molecule has 23 heavy (non-hydrogen) atoms. The maximum absolute atomic E-state index is 12.3. The number of amides is 1. The molecule has 0 aliphatic carbocycles. The van der Waals surface area contributed by atoms with Crippen molar-refractivity contribution in [1.29, 1.82) is 0 Å². The fraction of sp³-hybridized carbons (Fsp3) is 0.333. The van der Waals surface area contributed by atoms with Gasteiger partial charge in [-0.2, -0.15) is 0 Å². The van der Waals surface area contributed by atoms with Crippen LogP contribution in [-0.4, -0.2) is 24.0 Å². The molecule has 0 bridgehead atoms. The Morgan fingerprint density at radius 2 is 1.78 bits per heavy atom. The molecule has 5 heteroatoms. The monoisotopic (exact) mass is 373 g/mol. The topological polar surface area (TPSA) is 45.2 Å². The molecule has 1 saturated heterocycles. The Kier molecular flexibility index (Phi) is 5.28. The molecule has 0 unspecified atom stereocenters. The van der Waals surface area contributed by atoms with Gasteiger partial charge in [-0.15, -0.1) is 0 Å². The number of hydrogen-bond donors (Lipinski definition) is 1. The largest absolute Gasteiger partial charge is 0.357 e. The molecular weight excluding hydrogens is 354 g/mol. The van der Waals surface area contributed by atoms with Gasteiger partial charge in [0, 0.05) is 23.8 Å². The fourth-order valence-corrected chi connectivity index (χ4v) is 3.15. The van der Waals surface area contributed by atoms with Crippen molar-refractivity contribution >= 4 is 33.3 Å². The lowest BCUT2D eigenvalue weighted by molar-refractivity contribution is 0.102. The summed E-state index contributed by atoms with van der Waals surface area (Å²) in [5.41, 5.74) is 1.33. The molecule has 1 aliphatic heterocycles. The molecule has 1 aliphatic rings. The van der Waals surface area contributed by atoms with E-state index in [1.54, 1.807) is 6.20 Å². The highest BCUT2D eigenvalue weighted by atomic mass is 79.9. The van der Waals surface area contributed by atoms with Crippen molar-refractivity contribution in [1.82, 2.24) is 4.98 Å². The van der Waals surface area contributed by atoms with E-state index < -0.39 is 0 Å². The third kappa shape index (κ3) is 4.10. The maximum atomic E-state index is 12.3. The van der Waals surface area contributed by atoms with Crippen LogP contribution in [0.5, 0.6) is 0 Å². The number of benzene rings is 1. The first-order chi connectivity index (χ1) is 11.2. The standard InChI is InChI=1S/C18H20BrN3O/c19-15-7-3-4-8-16(15)21-18(23)14-9-10-17(20-13-14)22-11-5-1-2-6-12-22/h3-4,7-10,13H,1-2,5-6,11-12H2,(H,21,23). The zero-order valence-corrected chi connectivity index (χ0v) is 14.6. The number of para-hydroxylation sites is 1. The first-order valence-electron chi connectivity index (χ1n) is 8.01. The number of pyridine rings is 1. The molecule has 1 amide bonds. The summed E-state index contributed by atoms with van der Waals surface area (Å²) in [6, 6.07) is 11.4. The fourth-order valence-electron chi connectivity index (χ4n) is 2.76. The van der Waals surface area contributed by atoms with Crippen LogP contribution in [0.1, 0.15) is 36.0 Å².